The lowest BCUT2D eigenvalue weighted by molar-refractivity contribution is -0.138. The van der Waals surface area contributed by atoms with Crippen LogP contribution in [0.1, 0.15) is 30.1 Å². The number of esters is 1. The summed E-state index contributed by atoms with van der Waals surface area (Å²) in [6.45, 7) is 2.28. The molecule has 0 atom stereocenters. The molecule has 4 heteroatoms. The maximum atomic E-state index is 11.4. The van der Waals surface area contributed by atoms with E-state index in [4.69, 9.17) is 4.74 Å². The predicted molar refractivity (Wildman–Crippen MR) is 54.4 cm³/mol. The number of hydrogen-bond acceptors (Lipinski definition) is 4. The van der Waals surface area contributed by atoms with Gasteiger partial charge in [-0.2, -0.15) is 0 Å². The molecule has 1 aromatic rings. The number of ether oxygens (including phenoxy) is 1. The number of unbranched alkanes of at least 4 members (excludes halogenated alkanes) is 1. The number of ketones is 1. The van der Waals surface area contributed by atoms with E-state index >= 15 is 0 Å². The molecule has 0 aromatic carbocycles. The van der Waals surface area contributed by atoms with E-state index in [9.17, 15) is 9.59 Å². The van der Waals surface area contributed by atoms with Crippen LogP contribution in [0.4, 0.5) is 0 Å². The SMILES string of the molecule is CCCCOC(=O)C(=O)c1cccnc1. The van der Waals surface area contributed by atoms with Crippen molar-refractivity contribution in [1.82, 2.24) is 4.98 Å². The highest BCUT2D eigenvalue weighted by atomic mass is 16.5. The lowest BCUT2D eigenvalue weighted by Gasteiger charge is -2.02. The third-order valence-corrected chi connectivity index (χ3v) is 1.84. The van der Waals surface area contributed by atoms with Crippen molar-refractivity contribution in [3.8, 4) is 0 Å². The van der Waals surface area contributed by atoms with E-state index in [0.717, 1.165) is 12.8 Å². The van der Waals surface area contributed by atoms with Gasteiger partial charge in [-0.25, -0.2) is 4.79 Å². The minimum atomic E-state index is -0.809. The Morgan fingerprint density at radius 1 is 1.47 bits per heavy atom. The van der Waals surface area contributed by atoms with Crippen LogP contribution in [0, 0.1) is 0 Å². The Kier molecular flexibility index (Phi) is 4.47. The molecule has 0 fully saturated rings. The quantitative estimate of drug-likeness (QED) is 0.318. The van der Waals surface area contributed by atoms with E-state index in [0.29, 0.717) is 6.61 Å². The minimum absolute atomic E-state index is 0.263. The second-order valence-electron chi connectivity index (χ2n) is 3.06. The van der Waals surface area contributed by atoms with Gasteiger partial charge in [0.25, 0.3) is 5.78 Å². The second kappa shape index (κ2) is 5.90. The molecule has 0 saturated heterocycles. The summed E-state index contributed by atoms with van der Waals surface area (Å²) in [6.07, 6.45) is 4.59. The van der Waals surface area contributed by atoms with E-state index in [-0.39, 0.29) is 5.56 Å². The third-order valence-electron chi connectivity index (χ3n) is 1.84. The summed E-state index contributed by atoms with van der Waals surface area (Å²) in [6, 6.07) is 3.14. The molecule has 15 heavy (non-hydrogen) atoms. The number of pyridine rings is 1. The lowest BCUT2D eigenvalue weighted by Crippen LogP contribution is -2.18. The van der Waals surface area contributed by atoms with Crippen molar-refractivity contribution >= 4 is 11.8 Å². The molecule has 0 spiro atoms. The van der Waals surface area contributed by atoms with Crippen molar-refractivity contribution < 1.29 is 14.3 Å². The molecule has 0 aliphatic carbocycles. The zero-order chi connectivity index (χ0) is 11.1. The molecule has 0 saturated carbocycles. The molecule has 1 aromatic heterocycles. The Labute approximate surface area is 88.3 Å². The van der Waals surface area contributed by atoms with Gasteiger partial charge in [-0.05, 0) is 18.6 Å². The van der Waals surface area contributed by atoms with E-state index in [1.165, 1.54) is 12.3 Å². The van der Waals surface area contributed by atoms with Gasteiger partial charge in [0.1, 0.15) is 0 Å². The van der Waals surface area contributed by atoms with Crippen LogP contribution in [0.15, 0.2) is 24.5 Å². The molecular formula is C11H13NO3. The van der Waals surface area contributed by atoms with Gasteiger partial charge in [0, 0.05) is 18.0 Å². The van der Waals surface area contributed by atoms with Gasteiger partial charge in [0.2, 0.25) is 0 Å². The Hall–Kier alpha value is -1.71. The molecule has 0 radical (unpaired) electrons. The zero-order valence-electron chi connectivity index (χ0n) is 8.60. The molecule has 4 nitrogen and oxygen atoms in total. The van der Waals surface area contributed by atoms with Crippen LogP contribution >= 0.6 is 0 Å². The van der Waals surface area contributed by atoms with Crippen LogP contribution < -0.4 is 0 Å². The number of aromatic nitrogens is 1. The monoisotopic (exact) mass is 207 g/mol. The summed E-state index contributed by atoms with van der Waals surface area (Å²) in [4.78, 5) is 26.4. The van der Waals surface area contributed by atoms with Crippen LogP contribution in [0.2, 0.25) is 0 Å². The molecule has 0 aliphatic rings. The number of rotatable bonds is 5. The van der Waals surface area contributed by atoms with Gasteiger partial charge in [-0.15, -0.1) is 0 Å². The largest absolute Gasteiger partial charge is 0.460 e. The lowest BCUT2D eigenvalue weighted by atomic mass is 10.2. The number of Topliss-reactive ketones (excluding diaryl/α,β-unsaturated/α-hetero) is 1. The van der Waals surface area contributed by atoms with Crippen molar-refractivity contribution in [2.45, 2.75) is 19.8 Å². The van der Waals surface area contributed by atoms with Crippen molar-refractivity contribution in [2.75, 3.05) is 6.61 Å². The Balaban J connectivity index is 2.50. The van der Waals surface area contributed by atoms with Crippen molar-refractivity contribution in [2.24, 2.45) is 0 Å². The van der Waals surface area contributed by atoms with Crippen LogP contribution in [-0.2, 0) is 9.53 Å². The summed E-state index contributed by atoms with van der Waals surface area (Å²) in [5.74, 6) is -1.45. The number of carbonyl (C=O) groups excluding carboxylic acids is 2. The van der Waals surface area contributed by atoms with Crippen molar-refractivity contribution in [1.29, 1.82) is 0 Å². The van der Waals surface area contributed by atoms with Gasteiger partial charge in [-0.1, -0.05) is 13.3 Å². The summed E-state index contributed by atoms with van der Waals surface area (Å²) >= 11 is 0. The van der Waals surface area contributed by atoms with E-state index in [2.05, 4.69) is 4.98 Å². The fraction of sp³-hybridized carbons (Fsp3) is 0.364. The van der Waals surface area contributed by atoms with E-state index in [1.54, 1.807) is 12.3 Å². The summed E-state index contributed by atoms with van der Waals surface area (Å²) < 4.78 is 4.78. The zero-order valence-corrected chi connectivity index (χ0v) is 8.60. The van der Waals surface area contributed by atoms with Gasteiger partial charge in [0.05, 0.1) is 6.61 Å². The predicted octanol–water partition coefficient (Wildman–Crippen LogP) is 1.61. The maximum absolute atomic E-state index is 11.4. The number of nitrogens with zero attached hydrogens (tertiary/aromatic N) is 1. The van der Waals surface area contributed by atoms with E-state index < -0.39 is 11.8 Å². The first-order valence-corrected chi connectivity index (χ1v) is 4.87. The Morgan fingerprint density at radius 2 is 2.27 bits per heavy atom. The first-order valence-electron chi connectivity index (χ1n) is 4.87. The second-order valence-corrected chi connectivity index (χ2v) is 3.06. The van der Waals surface area contributed by atoms with Crippen molar-refractivity contribution in [3.63, 3.8) is 0 Å². The molecule has 0 N–H and O–H groups in total. The number of hydrogen-bond donors (Lipinski definition) is 0. The third kappa shape index (κ3) is 3.50. The van der Waals surface area contributed by atoms with Crippen LogP contribution in [0.25, 0.3) is 0 Å². The van der Waals surface area contributed by atoms with Crippen LogP contribution in [0.5, 0.6) is 0 Å². The minimum Gasteiger partial charge on any atom is -0.460 e. The highest BCUT2D eigenvalue weighted by Crippen LogP contribution is 2.00. The average Bonchev–Trinajstić information content (AvgIpc) is 2.29. The molecule has 0 bridgehead atoms. The molecule has 1 rings (SSSR count). The first-order chi connectivity index (χ1) is 7.25. The summed E-state index contributed by atoms with van der Waals surface area (Å²) in [7, 11) is 0. The smallest absolute Gasteiger partial charge is 0.379 e. The highest BCUT2D eigenvalue weighted by molar-refractivity contribution is 6.40. The van der Waals surface area contributed by atoms with Crippen molar-refractivity contribution in [3.05, 3.63) is 30.1 Å². The number of carbonyl (C=O) groups is 2. The highest BCUT2D eigenvalue weighted by Gasteiger charge is 2.17. The summed E-state index contributed by atoms with van der Waals surface area (Å²) in [5, 5.41) is 0. The van der Waals surface area contributed by atoms with E-state index in [1.807, 2.05) is 6.92 Å². The fourth-order valence-electron chi connectivity index (χ4n) is 0.990. The fourth-order valence-corrected chi connectivity index (χ4v) is 0.990. The Bertz CT molecular complexity index is 335. The topological polar surface area (TPSA) is 56.3 Å². The maximum Gasteiger partial charge on any atom is 0.379 e. The average molecular weight is 207 g/mol. The molecule has 80 valence electrons. The molecule has 0 unspecified atom stereocenters. The van der Waals surface area contributed by atoms with Gasteiger partial charge < -0.3 is 4.74 Å². The Morgan fingerprint density at radius 3 is 2.87 bits per heavy atom. The molecule has 0 aliphatic heterocycles. The normalized spacial score (nSPS) is 9.67. The molecule has 0 amide bonds. The van der Waals surface area contributed by atoms with Crippen LogP contribution in [0.3, 0.4) is 0 Å². The molecule has 1 heterocycles. The molecular weight excluding hydrogens is 194 g/mol. The van der Waals surface area contributed by atoms with Gasteiger partial charge >= 0.3 is 5.97 Å². The standard InChI is InChI=1S/C11H13NO3/c1-2-3-7-15-11(14)10(13)9-5-4-6-12-8-9/h4-6,8H,2-3,7H2,1H3. The van der Waals surface area contributed by atoms with Gasteiger partial charge in [-0.3, -0.25) is 9.78 Å². The van der Waals surface area contributed by atoms with Gasteiger partial charge in [0.15, 0.2) is 0 Å². The first kappa shape index (κ1) is 11.4. The summed E-state index contributed by atoms with van der Waals surface area (Å²) in [5.41, 5.74) is 0.263. The van der Waals surface area contributed by atoms with Crippen LogP contribution in [-0.4, -0.2) is 23.3 Å².